The van der Waals surface area contributed by atoms with E-state index in [0.717, 1.165) is 24.2 Å². The third-order valence-corrected chi connectivity index (χ3v) is 3.94. The number of carbonyl (C=O) groups is 1. The summed E-state index contributed by atoms with van der Waals surface area (Å²) in [6.07, 6.45) is 4.47. The highest BCUT2D eigenvalue weighted by Crippen LogP contribution is 2.31. The second-order valence-electron chi connectivity index (χ2n) is 5.54. The highest BCUT2D eigenvalue weighted by Gasteiger charge is 2.38. The number of aromatic nitrogens is 3. The first-order chi connectivity index (χ1) is 10.1. The predicted octanol–water partition coefficient (Wildman–Crippen LogP) is 1.73. The molecule has 1 aromatic heterocycles. The number of carbonyl (C=O) groups excluding carboxylic acids is 1. The number of anilines is 1. The van der Waals surface area contributed by atoms with Crippen LogP contribution in [0.1, 0.15) is 25.7 Å². The molecule has 2 N–H and O–H groups in total. The van der Waals surface area contributed by atoms with Crippen molar-refractivity contribution in [2.24, 2.45) is 7.05 Å². The molecule has 0 aliphatic heterocycles. The summed E-state index contributed by atoms with van der Waals surface area (Å²) in [5.74, 6) is 0.404. The van der Waals surface area contributed by atoms with E-state index in [4.69, 9.17) is 0 Å². The Hall–Kier alpha value is -2.21. The zero-order valence-corrected chi connectivity index (χ0v) is 11.9. The summed E-state index contributed by atoms with van der Waals surface area (Å²) in [5.41, 5.74) is 0.299. The molecule has 1 heterocycles. The van der Waals surface area contributed by atoms with Gasteiger partial charge in [-0.2, -0.15) is 0 Å². The van der Waals surface area contributed by atoms with Gasteiger partial charge in [0.1, 0.15) is 11.9 Å². The van der Waals surface area contributed by atoms with Crippen molar-refractivity contribution in [2.75, 3.05) is 5.32 Å². The van der Waals surface area contributed by atoms with Crippen LogP contribution in [0, 0.1) is 0 Å². The number of aryl methyl sites for hydroxylation is 1. The lowest BCUT2D eigenvalue weighted by molar-refractivity contribution is -0.133. The van der Waals surface area contributed by atoms with Crippen LogP contribution in [-0.4, -0.2) is 31.4 Å². The van der Waals surface area contributed by atoms with E-state index in [2.05, 4.69) is 15.5 Å². The number of benzene rings is 1. The Labute approximate surface area is 122 Å². The smallest absolute Gasteiger partial charge is 0.256 e. The Kier molecular flexibility index (Phi) is 3.47. The van der Waals surface area contributed by atoms with E-state index in [-0.39, 0.29) is 5.91 Å². The molecular formula is C15H18N4O2. The van der Waals surface area contributed by atoms with Gasteiger partial charge in [0, 0.05) is 18.3 Å². The number of hydrogen-bond donors (Lipinski definition) is 2. The molecule has 1 amide bonds. The summed E-state index contributed by atoms with van der Waals surface area (Å²) in [6, 6.07) is 7.39. The first kappa shape index (κ1) is 13.8. The van der Waals surface area contributed by atoms with Crippen molar-refractivity contribution < 1.29 is 9.90 Å². The Morgan fingerprint density at radius 1 is 1.38 bits per heavy atom. The summed E-state index contributed by atoms with van der Waals surface area (Å²) in [4.78, 5) is 12.2. The second kappa shape index (κ2) is 5.29. The van der Waals surface area contributed by atoms with E-state index >= 15 is 0 Å². The third-order valence-electron chi connectivity index (χ3n) is 3.94. The number of amides is 1. The largest absolute Gasteiger partial charge is 0.380 e. The lowest BCUT2D eigenvalue weighted by atomic mass is 10.0. The molecule has 6 nitrogen and oxygen atoms in total. The molecule has 6 heteroatoms. The van der Waals surface area contributed by atoms with Crippen LogP contribution in [0.5, 0.6) is 0 Å². The van der Waals surface area contributed by atoms with E-state index in [0.29, 0.717) is 18.5 Å². The number of hydrogen-bond acceptors (Lipinski definition) is 4. The van der Waals surface area contributed by atoms with Crippen LogP contribution in [0.15, 0.2) is 30.6 Å². The fourth-order valence-corrected chi connectivity index (χ4v) is 2.71. The van der Waals surface area contributed by atoms with E-state index < -0.39 is 5.60 Å². The Bertz CT molecular complexity index is 659. The highest BCUT2D eigenvalue weighted by molar-refractivity contribution is 5.97. The van der Waals surface area contributed by atoms with Gasteiger partial charge < -0.3 is 15.0 Å². The van der Waals surface area contributed by atoms with E-state index in [1.165, 1.54) is 0 Å². The molecule has 3 rings (SSSR count). The van der Waals surface area contributed by atoms with Crippen LogP contribution in [-0.2, 0) is 11.8 Å². The minimum absolute atomic E-state index is 0.324. The average Bonchev–Trinajstić information content (AvgIpc) is 3.09. The molecule has 110 valence electrons. The molecular weight excluding hydrogens is 268 g/mol. The van der Waals surface area contributed by atoms with Crippen LogP contribution in [0.3, 0.4) is 0 Å². The maximum Gasteiger partial charge on any atom is 0.256 e. The quantitative estimate of drug-likeness (QED) is 0.900. The molecule has 0 spiro atoms. The van der Waals surface area contributed by atoms with Gasteiger partial charge in [-0.05, 0) is 37.8 Å². The molecule has 0 saturated heterocycles. The molecule has 21 heavy (non-hydrogen) atoms. The van der Waals surface area contributed by atoms with Crippen LogP contribution in [0.4, 0.5) is 5.69 Å². The molecule has 0 unspecified atom stereocenters. The summed E-state index contributed by atoms with van der Waals surface area (Å²) >= 11 is 0. The molecule has 1 aliphatic rings. The molecule has 0 atom stereocenters. The van der Waals surface area contributed by atoms with Crippen molar-refractivity contribution in [1.82, 2.24) is 14.8 Å². The van der Waals surface area contributed by atoms with E-state index in [9.17, 15) is 9.90 Å². The van der Waals surface area contributed by atoms with Gasteiger partial charge in [0.2, 0.25) is 0 Å². The molecule has 0 radical (unpaired) electrons. The van der Waals surface area contributed by atoms with Gasteiger partial charge >= 0.3 is 0 Å². The molecule has 0 bridgehead atoms. The van der Waals surface area contributed by atoms with Gasteiger partial charge in [-0.25, -0.2) is 0 Å². The van der Waals surface area contributed by atoms with Crippen molar-refractivity contribution in [2.45, 2.75) is 31.3 Å². The summed E-state index contributed by atoms with van der Waals surface area (Å²) in [5, 5.41) is 21.0. The third kappa shape index (κ3) is 2.67. The van der Waals surface area contributed by atoms with Crippen LogP contribution in [0.2, 0.25) is 0 Å². The predicted molar refractivity (Wildman–Crippen MR) is 78.5 cm³/mol. The molecule has 2 aromatic rings. The zero-order chi connectivity index (χ0) is 14.9. The van der Waals surface area contributed by atoms with Gasteiger partial charge in [-0.3, -0.25) is 4.79 Å². The Morgan fingerprint density at radius 3 is 2.81 bits per heavy atom. The zero-order valence-electron chi connectivity index (χ0n) is 11.9. The monoisotopic (exact) mass is 286 g/mol. The SMILES string of the molecule is Cn1cnnc1-c1cccc(NC(=O)C2(O)CCCC2)c1. The van der Waals surface area contributed by atoms with Crippen molar-refractivity contribution in [1.29, 1.82) is 0 Å². The van der Waals surface area contributed by atoms with E-state index in [1.807, 2.05) is 29.8 Å². The topological polar surface area (TPSA) is 80.0 Å². The lowest BCUT2D eigenvalue weighted by Crippen LogP contribution is -2.40. The number of rotatable bonds is 3. The van der Waals surface area contributed by atoms with Crippen LogP contribution >= 0.6 is 0 Å². The summed E-state index contributed by atoms with van der Waals surface area (Å²) in [7, 11) is 1.86. The number of nitrogens with one attached hydrogen (secondary N) is 1. The number of nitrogens with zero attached hydrogens (tertiary/aromatic N) is 3. The van der Waals surface area contributed by atoms with Gasteiger partial charge in [0.05, 0.1) is 0 Å². The van der Waals surface area contributed by atoms with Crippen molar-refractivity contribution in [3.63, 3.8) is 0 Å². The Balaban J connectivity index is 1.81. The average molecular weight is 286 g/mol. The van der Waals surface area contributed by atoms with Crippen molar-refractivity contribution in [3.05, 3.63) is 30.6 Å². The second-order valence-corrected chi connectivity index (χ2v) is 5.54. The molecule has 1 aromatic carbocycles. The van der Waals surface area contributed by atoms with E-state index in [1.54, 1.807) is 12.4 Å². The maximum absolute atomic E-state index is 12.2. The fraction of sp³-hybridized carbons (Fsp3) is 0.400. The van der Waals surface area contributed by atoms with Gasteiger partial charge in [-0.15, -0.1) is 10.2 Å². The Morgan fingerprint density at radius 2 is 2.14 bits per heavy atom. The maximum atomic E-state index is 12.2. The summed E-state index contributed by atoms with van der Waals surface area (Å²) in [6.45, 7) is 0. The van der Waals surface area contributed by atoms with Gasteiger partial charge in [0.15, 0.2) is 5.82 Å². The standard InChI is InChI=1S/C15H18N4O2/c1-19-10-16-18-13(19)11-5-4-6-12(9-11)17-14(20)15(21)7-2-3-8-15/h4-6,9-10,21H,2-3,7-8H2,1H3,(H,17,20). The first-order valence-electron chi connectivity index (χ1n) is 7.07. The van der Waals surface area contributed by atoms with Crippen LogP contribution < -0.4 is 5.32 Å². The highest BCUT2D eigenvalue weighted by atomic mass is 16.3. The lowest BCUT2D eigenvalue weighted by Gasteiger charge is -2.21. The van der Waals surface area contributed by atoms with Gasteiger partial charge in [0.25, 0.3) is 5.91 Å². The molecule has 1 fully saturated rings. The minimum Gasteiger partial charge on any atom is -0.380 e. The summed E-state index contributed by atoms with van der Waals surface area (Å²) < 4.78 is 1.81. The number of aliphatic hydroxyl groups is 1. The van der Waals surface area contributed by atoms with Crippen molar-refractivity contribution in [3.8, 4) is 11.4 Å². The minimum atomic E-state index is -1.22. The molecule has 1 saturated carbocycles. The van der Waals surface area contributed by atoms with Gasteiger partial charge in [-0.1, -0.05) is 12.1 Å². The fourth-order valence-electron chi connectivity index (χ4n) is 2.71. The normalized spacial score (nSPS) is 16.9. The first-order valence-corrected chi connectivity index (χ1v) is 7.07. The van der Waals surface area contributed by atoms with Crippen molar-refractivity contribution >= 4 is 11.6 Å². The van der Waals surface area contributed by atoms with Crippen LogP contribution in [0.25, 0.3) is 11.4 Å². The molecule has 1 aliphatic carbocycles.